The van der Waals surface area contributed by atoms with E-state index in [0.717, 1.165) is 33.7 Å². The number of amides is 1. The van der Waals surface area contributed by atoms with Crippen molar-refractivity contribution in [2.75, 3.05) is 24.3 Å². The topological polar surface area (TPSA) is 60.5 Å². The Morgan fingerprint density at radius 1 is 1.16 bits per heavy atom. The van der Waals surface area contributed by atoms with Crippen LogP contribution in [0.2, 0.25) is 0 Å². The zero-order valence-electron chi connectivity index (χ0n) is 14.7. The van der Waals surface area contributed by atoms with Crippen LogP contribution < -0.4 is 10.2 Å². The fraction of sp³-hybridized carbons (Fsp3) is 0.200. The average Bonchev–Trinajstić information content (AvgIpc) is 3.04. The number of nitrogens with zero attached hydrogens (tertiary/aromatic N) is 2. The summed E-state index contributed by atoms with van der Waals surface area (Å²) in [5.41, 5.74) is 3.86. The van der Waals surface area contributed by atoms with Crippen LogP contribution in [0.3, 0.4) is 0 Å². The number of hydrogen-bond acceptors (Lipinski definition) is 2. The Balaban J connectivity index is 1.67. The molecule has 1 heterocycles. The minimum atomic E-state index is -0.0304. The van der Waals surface area contributed by atoms with Crippen molar-refractivity contribution in [1.29, 1.82) is 0 Å². The molecule has 0 unspecified atom stereocenters. The van der Waals surface area contributed by atoms with E-state index in [-0.39, 0.29) is 5.91 Å². The predicted molar refractivity (Wildman–Crippen MR) is 105 cm³/mol. The molecule has 5 heteroatoms. The lowest BCUT2D eigenvalue weighted by Gasteiger charge is -2.18. The first-order valence-electron chi connectivity index (χ1n) is 8.20. The van der Waals surface area contributed by atoms with Gasteiger partial charge in [0.15, 0.2) is 0 Å². The number of anilines is 2. The van der Waals surface area contributed by atoms with Gasteiger partial charge in [-0.15, -0.1) is 0 Å². The van der Waals surface area contributed by atoms with E-state index < -0.39 is 0 Å². The van der Waals surface area contributed by atoms with E-state index in [0.29, 0.717) is 6.42 Å². The zero-order chi connectivity index (χ0) is 17.8. The molecule has 0 saturated carbocycles. The summed E-state index contributed by atoms with van der Waals surface area (Å²) in [6, 6.07) is 15.7. The van der Waals surface area contributed by atoms with Gasteiger partial charge in [0.05, 0.1) is 12.3 Å². The van der Waals surface area contributed by atoms with Gasteiger partial charge in [0.25, 0.3) is 0 Å². The number of amidine groups is 1. The molecule has 25 heavy (non-hydrogen) atoms. The second kappa shape index (κ2) is 7.21. The van der Waals surface area contributed by atoms with Gasteiger partial charge in [0.2, 0.25) is 5.91 Å². The number of rotatable bonds is 4. The first kappa shape index (κ1) is 16.8. The number of hydrogen-bond donors (Lipinski definition) is 2. The largest absolute Gasteiger partial charge is 0.361 e. The molecule has 0 radical (unpaired) electrons. The third-order valence-electron chi connectivity index (χ3n) is 4.37. The molecule has 2 N–H and O–H groups in total. The van der Waals surface area contributed by atoms with Gasteiger partial charge in [0, 0.05) is 42.6 Å². The summed E-state index contributed by atoms with van der Waals surface area (Å²) in [7, 11) is 3.73. The summed E-state index contributed by atoms with van der Waals surface area (Å²) < 4.78 is 0. The predicted octanol–water partition coefficient (Wildman–Crippen LogP) is 3.83. The molecule has 0 saturated heterocycles. The van der Waals surface area contributed by atoms with Crippen molar-refractivity contribution in [1.82, 2.24) is 4.98 Å². The number of carbonyl (C=O) groups excluding carboxylic acids is 1. The molecule has 0 fully saturated rings. The second-order valence-electron chi connectivity index (χ2n) is 5.96. The first-order valence-corrected chi connectivity index (χ1v) is 8.20. The third kappa shape index (κ3) is 3.71. The first-order chi connectivity index (χ1) is 12.1. The van der Waals surface area contributed by atoms with Gasteiger partial charge in [-0.05, 0) is 42.8 Å². The number of nitrogens with one attached hydrogen (secondary N) is 2. The molecular formula is C20H22N4O. The van der Waals surface area contributed by atoms with E-state index >= 15 is 0 Å². The van der Waals surface area contributed by atoms with Crippen LogP contribution in [0.25, 0.3) is 10.9 Å². The maximum absolute atomic E-state index is 12.3. The van der Waals surface area contributed by atoms with Crippen molar-refractivity contribution in [3.63, 3.8) is 0 Å². The highest BCUT2D eigenvalue weighted by Crippen LogP contribution is 2.20. The number of H-pyrrole nitrogens is 1. The van der Waals surface area contributed by atoms with Crippen LogP contribution in [0.5, 0.6) is 0 Å². The molecule has 128 valence electrons. The Hall–Kier alpha value is -3.08. The van der Waals surface area contributed by atoms with Crippen LogP contribution >= 0.6 is 0 Å². The van der Waals surface area contributed by atoms with Crippen LogP contribution in [-0.2, 0) is 11.2 Å². The summed E-state index contributed by atoms with van der Waals surface area (Å²) in [5.74, 6) is 0.897. The Bertz CT molecular complexity index is 909. The number of aliphatic imine (C=N–C) groups is 1. The number of para-hydroxylation sites is 1. The third-order valence-corrected chi connectivity index (χ3v) is 4.37. The number of aromatic amines is 1. The van der Waals surface area contributed by atoms with Crippen molar-refractivity contribution < 1.29 is 4.79 Å². The zero-order valence-corrected chi connectivity index (χ0v) is 14.7. The van der Waals surface area contributed by atoms with E-state index in [1.165, 1.54) is 0 Å². The number of carbonyl (C=O) groups is 1. The SMILES string of the molecule is CN=C(C)N(C)c1ccc(NC(=O)Cc2c[nH]c3ccccc23)cc1. The second-order valence-corrected chi connectivity index (χ2v) is 5.96. The summed E-state index contributed by atoms with van der Waals surface area (Å²) in [5, 5.41) is 4.04. The number of fused-ring (bicyclic) bond motifs is 1. The fourth-order valence-electron chi connectivity index (χ4n) is 2.76. The molecule has 2 aromatic carbocycles. The summed E-state index contributed by atoms with van der Waals surface area (Å²) in [4.78, 5) is 21.7. The normalized spacial score (nSPS) is 11.6. The summed E-state index contributed by atoms with van der Waals surface area (Å²) in [6.07, 6.45) is 2.24. The molecule has 3 rings (SSSR count). The monoisotopic (exact) mass is 334 g/mol. The van der Waals surface area contributed by atoms with E-state index in [9.17, 15) is 4.79 Å². The van der Waals surface area contributed by atoms with Crippen LogP contribution in [0, 0.1) is 0 Å². The van der Waals surface area contributed by atoms with Crippen LogP contribution in [0.1, 0.15) is 12.5 Å². The highest BCUT2D eigenvalue weighted by Gasteiger charge is 2.09. The van der Waals surface area contributed by atoms with Gasteiger partial charge in [-0.3, -0.25) is 9.79 Å². The van der Waals surface area contributed by atoms with Gasteiger partial charge in [-0.1, -0.05) is 18.2 Å². The van der Waals surface area contributed by atoms with Gasteiger partial charge >= 0.3 is 0 Å². The molecule has 0 aliphatic heterocycles. The van der Waals surface area contributed by atoms with Crippen molar-refractivity contribution in [3.05, 3.63) is 60.3 Å². The lowest BCUT2D eigenvalue weighted by molar-refractivity contribution is -0.115. The van der Waals surface area contributed by atoms with Crippen molar-refractivity contribution in [2.45, 2.75) is 13.3 Å². The maximum atomic E-state index is 12.3. The number of aromatic nitrogens is 1. The van der Waals surface area contributed by atoms with Gasteiger partial charge in [-0.25, -0.2) is 0 Å². The fourth-order valence-corrected chi connectivity index (χ4v) is 2.76. The van der Waals surface area contributed by atoms with Gasteiger partial charge in [-0.2, -0.15) is 0 Å². The Labute approximate surface area is 147 Å². The molecule has 1 amide bonds. The minimum Gasteiger partial charge on any atom is -0.361 e. The van der Waals surface area contributed by atoms with E-state index in [4.69, 9.17) is 0 Å². The smallest absolute Gasteiger partial charge is 0.228 e. The molecule has 3 aromatic rings. The van der Waals surface area contributed by atoms with E-state index in [2.05, 4.69) is 15.3 Å². The average molecular weight is 334 g/mol. The molecule has 0 aliphatic carbocycles. The highest BCUT2D eigenvalue weighted by atomic mass is 16.1. The molecule has 1 aromatic heterocycles. The quantitative estimate of drug-likeness (QED) is 0.563. The Morgan fingerprint density at radius 3 is 2.60 bits per heavy atom. The lowest BCUT2D eigenvalue weighted by Crippen LogP contribution is -2.23. The molecule has 5 nitrogen and oxygen atoms in total. The standard InChI is InChI=1S/C20H22N4O/c1-14(21-2)24(3)17-10-8-16(9-11-17)23-20(25)12-15-13-22-19-7-5-4-6-18(15)19/h4-11,13,22H,12H2,1-3H3,(H,23,25). The van der Waals surface area contributed by atoms with Crippen molar-refractivity contribution in [3.8, 4) is 0 Å². The van der Waals surface area contributed by atoms with Crippen molar-refractivity contribution >= 4 is 34.0 Å². The summed E-state index contributed by atoms with van der Waals surface area (Å²) in [6.45, 7) is 1.96. The number of benzene rings is 2. The van der Waals surface area contributed by atoms with Crippen LogP contribution in [-0.4, -0.2) is 30.8 Å². The molecular weight excluding hydrogens is 312 g/mol. The molecule has 0 atom stereocenters. The minimum absolute atomic E-state index is 0.0304. The van der Waals surface area contributed by atoms with Gasteiger partial charge in [0.1, 0.15) is 0 Å². The van der Waals surface area contributed by atoms with Crippen molar-refractivity contribution in [2.24, 2.45) is 4.99 Å². The van der Waals surface area contributed by atoms with Crippen LogP contribution in [0.15, 0.2) is 59.7 Å². The molecule has 0 spiro atoms. The Kier molecular flexibility index (Phi) is 4.84. The van der Waals surface area contributed by atoms with E-state index in [1.807, 2.05) is 73.6 Å². The maximum Gasteiger partial charge on any atom is 0.228 e. The van der Waals surface area contributed by atoms with Gasteiger partial charge < -0.3 is 15.2 Å². The van der Waals surface area contributed by atoms with Crippen LogP contribution in [0.4, 0.5) is 11.4 Å². The highest BCUT2D eigenvalue weighted by molar-refractivity contribution is 5.97. The lowest BCUT2D eigenvalue weighted by atomic mass is 10.1. The molecule has 0 bridgehead atoms. The molecule has 0 aliphatic rings. The van der Waals surface area contributed by atoms with E-state index in [1.54, 1.807) is 7.05 Å². The Morgan fingerprint density at radius 2 is 1.88 bits per heavy atom. The summed E-state index contributed by atoms with van der Waals surface area (Å²) >= 11 is 0.